The summed E-state index contributed by atoms with van der Waals surface area (Å²) in [5.74, 6) is 2.65. The van der Waals surface area contributed by atoms with E-state index in [9.17, 15) is 0 Å². The zero-order valence-corrected chi connectivity index (χ0v) is 21.5. The number of hydrogen-bond acceptors (Lipinski definition) is 0. The van der Waals surface area contributed by atoms with Crippen molar-refractivity contribution >= 4 is 0 Å². The molecular formula is C31H52. The largest absolute Gasteiger partial charge is 0.0654 e. The molecule has 0 nitrogen and oxygen atoms in total. The normalized spacial score (nSPS) is 24.8. The maximum absolute atomic E-state index is 2.53. The first kappa shape index (κ1) is 24.9. The van der Waals surface area contributed by atoms with Crippen LogP contribution in [0.15, 0.2) is 18.2 Å². The van der Waals surface area contributed by atoms with Crippen molar-refractivity contribution < 1.29 is 0 Å². The first-order chi connectivity index (χ1) is 15.1. The van der Waals surface area contributed by atoms with E-state index in [0.29, 0.717) is 0 Å². The Morgan fingerprint density at radius 1 is 0.871 bits per heavy atom. The van der Waals surface area contributed by atoms with E-state index in [1.807, 2.05) is 0 Å². The molecule has 3 rings (SSSR count). The van der Waals surface area contributed by atoms with Gasteiger partial charge in [0.1, 0.15) is 0 Å². The smallest absolute Gasteiger partial charge is 0.0162 e. The van der Waals surface area contributed by atoms with E-state index >= 15 is 0 Å². The van der Waals surface area contributed by atoms with Crippen LogP contribution in [0, 0.1) is 24.2 Å². The van der Waals surface area contributed by atoms with Gasteiger partial charge in [-0.2, -0.15) is 0 Å². The van der Waals surface area contributed by atoms with Crippen LogP contribution in [-0.2, 0) is 6.42 Å². The molecule has 0 radical (unpaired) electrons. The van der Waals surface area contributed by atoms with Gasteiger partial charge in [-0.3, -0.25) is 0 Å². The van der Waals surface area contributed by atoms with Gasteiger partial charge in [0.2, 0.25) is 0 Å². The van der Waals surface area contributed by atoms with Crippen LogP contribution in [0.5, 0.6) is 0 Å². The van der Waals surface area contributed by atoms with Crippen LogP contribution in [-0.4, -0.2) is 0 Å². The molecule has 1 aromatic carbocycles. The van der Waals surface area contributed by atoms with Crippen molar-refractivity contribution in [3.05, 3.63) is 34.9 Å². The predicted molar refractivity (Wildman–Crippen MR) is 138 cm³/mol. The topological polar surface area (TPSA) is 0 Å². The van der Waals surface area contributed by atoms with Crippen molar-refractivity contribution in [2.75, 3.05) is 0 Å². The highest BCUT2D eigenvalue weighted by atomic mass is 14.5. The molecule has 0 bridgehead atoms. The van der Waals surface area contributed by atoms with Crippen LogP contribution in [0.2, 0.25) is 0 Å². The SMILES string of the molecule is CCCCCc1ccc(C(C)[C@H]2CC[C@H](C3(CCCCC)CCCCC3)CC2)cc1C. The highest BCUT2D eigenvalue weighted by Crippen LogP contribution is 2.53. The Balaban J connectivity index is 1.57. The van der Waals surface area contributed by atoms with Crippen molar-refractivity contribution in [2.24, 2.45) is 17.3 Å². The Labute approximate surface area is 195 Å². The van der Waals surface area contributed by atoms with Crippen molar-refractivity contribution in [3.8, 4) is 0 Å². The summed E-state index contributed by atoms with van der Waals surface area (Å²) in [6, 6.07) is 7.46. The molecule has 176 valence electrons. The van der Waals surface area contributed by atoms with Crippen LogP contribution < -0.4 is 0 Å². The fraction of sp³-hybridized carbons (Fsp3) is 0.806. The summed E-state index contributed by atoms with van der Waals surface area (Å²) in [4.78, 5) is 0. The van der Waals surface area contributed by atoms with Crippen molar-refractivity contribution in [3.63, 3.8) is 0 Å². The van der Waals surface area contributed by atoms with Gasteiger partial charge < -0.3 is 0 Å². The van der Waals surface area contributed by atoms with Crippen LogP contribution in [0.4, 0.5) is 0 Å². The van der Waals surface area contributed by atoms with Crippen molar-refractivity contribution in [1.29, 1.82) is 0 Å². The summed E-state index contributed by atoms with van der Waals surface area (Å²) >= 11 is 0. The minimum Gasteiger partial charge on any atom is -0.0654 e. The zero-order chi connectivity index (χ0) is 22.1. The lowest BCUT2D eigenvalue weighted by Gasteiger charge is -2.47. The zero-order valence-electron chi connectivity index (χ0n) is 21.5. The van der Waals surface area contributed by atoms with Gasteiger partial charge in [0.25, 0.3) is 0 Å². The van der Waals surface area contributed by atoms with Crippen LogP contribution >= 0.6 is 0 Å². The van der Waals surface area contributed by atoms with E-state index in [1.165, 1.54) is 102 Å². The maximum Gasteiger partial charge on any atom is -0.0162 e. The first-order valence-corrected chi connectivity index (χ1v) is 14.2. The third-order valence-electron chi connectivity index (χ3n) is 9.41. The molecule has 2 aliphatic rings. The van der Waals surface area contributed by atoms with E-state index in [2.05, 4.69) is 45.9 Å². The van der Waals surface area contributed by atoms with Crippen LogP contribution in [0.3, 0.4) is 0 Å². The Bertz CT molecular complexity index is 627. The molecule has 0 aliphatic heterocycles. The van der Waals surface area contributed by atoms with Gasteiger partial charge in [0.15, 0.2) is 0 Å². The minimum absolute atomic E-state index is 0.721. The molecule has 0 aromatic heterocycles. The van der Waals surface area contributed by atoms with Gasteiger partial charge in [-0.25, -0.2) is 0 Å². The standard InChI is InChI=1S/C31H52/c1-5-7-10-14-27-15-16-29(24-25(27)3)26(4)28-17-19-30(20-18-28)31(21-11-8-6-2)22-12-9-13-23-31/h15-16,24,26,28,30H,5-14,17-23H2,1-4H3/t26?,28-,30-. The summed E-state index contributed by atoms with van der Waals surface area (Å²) < 4.78 is 0. The number of hydrogen-bond donors (Lipinski definition) is 0. The van der Waals surface area contributed by atoms with Crippen molar-refractivity contribution in [1.82, 2.24) is 0 Å². The summed E-state index contributed by atoms with van der Waals surface area (Å²) in [5, 5.41) is 0. The number of aryl methyl sites for hydroxylation is 2. The Morgan fingerprint density at radius 2 is 1.55 bits per heavy atom. The monoisotopic (exact) mass is 424 g/mol. The van der Waals surface area contributed by atoms with Crippen LogP contribution in [0.1, 0.15) is 146 Å². The van der Waals surface area contributed by atoms with E-state index in [1.54, 1.807) is 24.0 Å². The molecule has 2 saturated carbocycles. The highest BCUT2D eigenvalue weighted by Gasteiger charge is 2.41. The first-order valence-electron chi connectivity index (χ1n) is 14.2. The third kappa shape index (κ3) is 6.61. The molecule has 0 spiro atoms. The third-order valence-corrected chi connectivity index (χ3v) is 9.41. The molecule has 0 saturated heterocycles. The molecule has 2 aliphatic carbocycles. The minimum atomic E-state index is 0.721. The highest BCUT2D eigenvalue weighted by molar-refractivity contribution is 5.33. The molecule has 31 heavy (non-hydrogen) atoms. The van der Waals surface area contributed by atoms with Gasteiger partial charge in [-0.15, -0.1) is 0 Å². The average Bonchev–Trinajstić information content (AvgIpc) is 2.80. The molecule has 1 aromatic rings. The van der Waals surface area contributed by atoms with E-state index < -0.39 is 0 Å². The Kier molecular flexibility index (Phi) is 9.99. The summed E-state index contributed by atoms with van der Waals surface area (Å²) in [6.07, 6.45) is 24.7. The summed E-state index contributed by atoms with van der Waals surface area (Å²) in [7, 11) is 0. The number of unbranched alkanes of at least 4 members (excludes halogenated alkanes) is 4. The molecule has 1 atom stereocenters. The molecule has 1 unspecified atom stereocenters. The maximum atomic E-state index is 2.53. The molecule has 0 amide bonds. The summed E-state index contributed by atoms with van der Waals surface area (Å²) in [5.41, 5.74) is 5.44. The second-order valence-electron chi connectivity index (χ2n) is 11.4. The fourth-order valence-corrected chi connectivity index (χ4v) is 7.20. The number of benzene rings is 1. The van der Waals surface area contributed by atoms with E-state index in [4.69, 9.17) is 0 Å². The number of rotatable bonds is 11. The lowest BCUT2D eigenvalue weighted by Crippen LogP contribution is -2.36. The Hall–Kier alpha value is -0.780. The van der Waals surface area contributed by atoms with E-state index in [0.717, 1.165) is 23.2 Å². The molecule has 0 heteroatoms. The molecule has 2 fully saturated rings. The second kappa shape index (κ2) is 12.5. The molecular weight excluding hydrogens is 372 g/mol. The van der Waals surface area contributed by atoms with Crippen molar-refractivity contribution in [2.45, 2.75) is 143 Å². The fourth-order valence-electron chi connectivity index (χ4n) is 7.20. The lowest BCUT2D eigenvalue weighted by molar-refractivity contribution is 0.0409. The van der Waals surface area contributed by atoms with Gasteiger partial charge >= 0.3 is 0 Å². The van der Waals surface area contributed by atoms with E-state index in [-0.39, 0.29) is 0 Å². The van der Waals surface area contributed by atoms with Crippen LogP contribution in [0.25, 0.3) is 0 Å². The average molecular weight is 425 g/mol. The molecule has 0 N–H and O–H groups in total. The predicted octanol–water partition coefficient (Wildman–Crippen LogP) is 10.2. The van der Waals surface area contributed by atoms with Gasteiger partial charge in [-0.05, 0) is 105 Å². The van der Waals surface area contributed by atoms with Gasteiger partial charge in [0.05, 0.1) is 0 Å². The van der Waals surface area contributed by atoms with Gasteiger partial charge in [-0.1, -0.05) is 90.3 Å². The Morgan fingerprint density at radius 3 is 2.19 bits per heavy atom. The van der Waals surface area contributed by atoms with Gasteiger partial charge in [0, 0.05) is 0 Å². The summed E-state index contributed by atoms with van der Waals surface area (Å²) in [6.45, 7) is 9.53. The second-order valence-corrected chi connectivity index (χ2v) is 11.4. The lowest BCUT2D eigenvalue weighted by atomic mass is 9.58. The molecule has 0 heterocycles. The quantitative estimate of drug-likeness (QED) is 0.310.